The third kappa shape index (κ3) is 4.02. The van der Waals surface area contributed by atoms with Gasteiger partial charge in [-0.3, -0.25) is 10.1 Å². The first-order chi connectivity index (χ1) is 15.6. The summed E-state index contributed by atoms with van der Waals surface area (Å²) < 4.78 is 0. The second-order valence-electron chi connectivity index (χ2n) is 7.01. The van der Waals surface area contributed by atoms with E-state index in [0.717, 1.165) is 16.6 Å². The number of nitro benzene ring substituents is 1. The lowest BCUT2D eigenvalue weighted by Crippen LogP contribution is -1.92. The summed E-state index contributed by atoms with van der Waals surface area (Å²) >= 11 is 0. The van der Waals surface area contributed by atoms with Gasteiger partial charge in [0.2, 0.25) is 0 Å². The number of rotatable bonds is 2. The maximum Gasteiger partial charge on any atom is 0.278 e. The first-order valence-electron chi connectivity index (χ1n) is 9.75. The van der Waals surface area contributed by atoms with Crippen LogP contribution in [0.15, 0.2) is 91.0 Å². The summed E-state index contributed by atoms with van der Waals surface area (Å²) in [5.41, 5.74) is 4.36. The van der Waals surface area contributed by atoms with Gasteiger partial charge in [0.15, 0.2) is 0 Å². The summed E-state index contributed by atoms with van der Waals surface area (Å²) in [6.07, 6.45) is 0. The van der Waals surface area contributed by atoms with E-state index in [1.54, 1.807) is 24.3 Å². The highest BCUT2D eigenvalue weighted by atomic mass is 16.6. The van der Waals surface area contributed by atoms with Crippen molar-refractivity contribution in [1.82, 2.24) is 4.98 Å². The summed E-state index contributed by atoms with van der Waals surface area (Å²) in [6, 6.07) is 31.5. The van der Waals surface area contributed by atoms with E-state index < -0.39 is 4.92 Å². The molecule has 5 aromatic rings. The molecule has 6 nitrogen and oxygen atoms in total. The van der Waals surface area contributed by atoms with E-state index in [9.17, 15) is 10.1 Å². The third-order valence-corrected chi connectivity index (χ3v) is 5.04. The number of nitrogens with one attached hydrogen (secondary N) is 1. The number of para-hydroxylation sites is 1. The highest BCUT2D eigenvalue weighted by Crippen LogP contribution is 2.30. The fourth-order valence-electron chi connectivity index (χ4n) is 3.54. The van der Waals surface area contributed by atoms with Crippen molar-refractivity contribution in [3.8, 4) is 23.3 Å². The standard InChI is InChI=1S/C13H8N2O2.C13H8N2/c14-9-10-6-7-12(13(8-10)15(16)17)11-4-2-1-3-5-11;14-8-9-5-6-11-10-3-1-2-4-12(10)15-13(11)7-9/h1-8H;1-7,15H. The van der Waals surface area contributed by atoms with Gasteiger partial charge < -0.3 is 4.98 Å². The molecule has 0 saturated carbocycles. The molecule has 0 bridgehead atoms. The minimum absolute atomic E-state index is 0.0461. The molecule has 0 radical (unpaired) electrons. The fraction of sp³-hybridized carbons (Fsp3) is 0. The Labute approximate surface area is 183 Å². The Bertz CT molecular complexity index is 1520. The highest BCUT2D eigenvalue weighted by molar-refractivity contribution is 6.07. The van der Waals surface area contributed by atoms with Gasteiger partial charge in [0.25, 0.3) is 5.69 Å². The molecular weight excluding hydrogens is 400 g/mol. The molecular formula is C26H16N4O2. The largest absolute Gasteiger partial charge is 0.354 e. The molecule has 5 rings (SSSR count). The summed E-state index contributed by atoms with van der Waals surface area (Å²) in [5, 5.41) is 30.9. The van der Waals surface area contributed by atoms with E-state index in [0.29, 0.717) is 11.1 Å². The number of aromatic nitrogens is 1. The number of nitrogens with zero attached hydrogens (tertiary/aromatic N) is 3. The zero-order valence-electron chi connectivity index (χ0n) is 16.8. The Morgan fingerprint density at radius 2 is 1.34 bits per heavy atom. The predicted octanol–water partition coefficient (Wildman–Crippen LogP) is 6.33. The average molecular weight is 416 g/mol. The Morgan fingerprint density at radius 3 is 2.06 bits per heavy atom. The van der Waals surface area contributed by atoms with Crippen molar-refractivity contribution in [3.63, 3.8) is 0 Å². The Morgan fingerprint density at radius 1 is 0.719 bits per heavy atom. The van der Waals surface area contributed by atoms with Gasteiger partial charge in [0.05, 0.1) is 33.8 Å². The first kappa shape index (κ1) is 20.3. The van der Waals surface area contributed by atoms with Crippen LogP contribution in [-0.4, -0.2) is 9.91 Å². The van der Waals surface area contributed by atoms with Gasteiger partial charge >= 0.3 is 0 Å². The normalized spacial score (nSPS) is 10.1. The molecule has 1 N–H and O–H groups in total. The number of fused-ring (bicyclic) bond motifs is 3. The van der Waals surface area contributed by atoms with Gasteiger partial charge in [-0.25, -0.2) is 0 Å². The molecule has 0 aliphatic carbocycles. The number of hydrogen-bond donors (Lipinski definition) is 1. The SMILES string of the molecule is N#Cc1ccc(-c2ccccc2)c([N+](=O)[O-])c1.N#Cc1ccc2c(c1)[nH]c1ccccc12. The lowest BCUT2D eigenvalue weighted by molar-refractivity contribution is -0.384. The van der Waals surface area contributed by atoms with Crippen LogP contribution in [0, 0.1) is 32.8 Å². The molecule has 0 amide bonds. The van der Waals surface area contributed by atoms with Crippen molar-refractivity contribution >= 4 is 27.5 Å². The molecule has 152 valence electrons. The maximum absolute atomic E-state index is 11.0. The van der Waals surface area contributed by atoms with E-state index in [1.807, 2.05) is 60.7 Å². The van der Waals surface area contributed by atoms with Gasteiger partial charge in [-0.15, -0.1) is 0 Å². The van der Waals surface area contributed by atoms with E-state index in [1.165, 1.54) is 16.8 Å². The first-order valence-corrected chi connectivity index (χ1v) is 9.75. The minimum Gasteiger partial charge on any atom is -0.354 e. The zero-order chi connectivity index (χ0) is 22.5. The zero-order valence-corrected chi connectivity index (χ0v) is 16.8. The lowest BCUT2D eigenvalue weighted by atomic mass is 10.0. The van der Waals surface area contributed by atoms with Crippen LogP contribution in [0.25, 0.3) is 32.9 Å². The van der Waals surface area contributed by atoms with Crippen LogP contribution in [0.1, 0.15) is 11.1 Å². The third-order valence-electron chi connectivity index (χ3n) is 5.04. The lowest BCUT2D eigenvalue weighted by Gasteiger charge is -2.03. The number of nitriles is 2. The monoisotopic (exact) mass is 416 g/mol. The summed E-state index contributed by atoms with van der Waals surface area (Å²) in [6.45, 7) is 0. The van der Waals surface area contributed by atoms with E-state index in [-0.39, 0.29) is 11.3 Å². The smallest absolute Gasteiger partial charge is 0.278 e. The summed E-state index contributed by atoms with van der Waals surface area (Å²) in [5.74, 6) is 0. The second kappa shape index (κ2) is 8.83. The second-order valence-corrected chi connectivity index (χ2v) is 7.01. The van der Waals surface area contributed by atoms with E-state index >= 15 is 0 Å². The van der Waals surface area contributed by atoms with E-state index in [4.69, 9.17) is 10.5 Å². The molecule has 0 aliphatic heterocycles. The molecule has 0 fully saturated rings. The molecule has 0 atom stereocenters. The van der Waals surface area contributed by atoms with Crippen molar-refractivity contribution in [3.05, 3.63) is 112 Å². The summed E-state index contributed by atoms with van der Waals surface area (Å²) in [7, 11) is 0. The Kier molecular flexibility index (Phi) is 5.61. The van der Waals surface area contributed by atoms with Crippen LogP contribution in [0.3, 0.4) is 0 Å². The van der Waals surface area contributed by atoms with Gasteiger partial charge in [0.1, 0.15) is 0 Å². The van der Waals surface area contributed by atoms with Crippen LogP contribution >= 0.6 is 0 Å². The van der Waals surface area contributed by atoms with Gasteiger partial charge in [0, 0.05) is 27.9 Å². The molecule has 0 aliphatic rings. The molecule has 1 aromatic heterocycles. The van der Waals surface area contributed by atoms with Crippen LogP contribution in [-0.2, 0) is 0 Å². The van der Waals surface area contributed by atoms with Crippen molar-refractivity contribution < 1.29 is 4.92 Å². The molecule has 0 unspecified atom stereocenters. The topological polar surface area (TPSA) is 107 Å². The number of nitro groups is 1. The van der Waals surface area contributed by atoms with Gasteiger partial charge in [-0.1, -0.05) is 54.6 Å². The number of benzene rings is 4. The maximum atomic E-state index is 11.0. The highest BCUT2D eigenvalue weighted by Gasteiger charge is 2.15. The molecule has 0 spiro atoms. The molecule has 32 heavy (non-hydrogen) atoms. The predicted molar refractivity (Wildman–Crippen MR) is 124 cm³/mol. The van der Waals surface area contributed by atoms with Crippen molar-refractivity contribution in [1.29, 1.82) is 10.5 Å². The van der Waals surface area contributed by atoms with Crippen molar-refractivity contribution in [2.75, 3.05) is 0 Å². The van der Waals surface area contributed by atoms with Gasteiger partial charge in [-0.2, -0.15) is 10.5 Å². The Hall–Kier alpha value is -4.94. The fourth-order valence-corrected chi connectivity index (χ4v) is 3.54. The number of H-pyrrole nitrogens is 1. The van der Waals surface area contributed by atoms with Crippen LogP contribution in [0.4, 0.5) is 5.69 Å². The van der Waals surface area contributed by atoms with Gasteiger partial charge in [-0.05, 0) is 35.9 Å². The minimum atomic E-state index is -0.469. The Balaban J connectivity index is 0.000000154. The molecule has 6 heteroatoms. The van der Waals surface area contributed by atoms with Crippen LogP contribution in [0.5, 0.6) is 0 Å². The van der Waals surface area contributed by atoms with Crippen LogP contribution < -0.4 is 0 Å². The summed E-state index contributed by atoms with van der Waals surface area (Å²) in [4.78, 5) is 13.8. The van der Waals surface area contributed by atoms with Crippen LogP contribution in [0.2, 0.25) is 0 Å². The number of hydrogen-bond acceptors (Lipinski definition) is 4. The van der Waals surface area contributed by atoms with Crippen molar-refractivity contribution in [2.45, 2.75) is 0 Å². The average Bonchev–Trinajstić information content (AvgIpc) is 3.22. The molecule has 1 heterocycles. The van der Waals surface area contributed by atoms with Crippen molar-refractivity contribution in [2.24, 2.45) is 0 Å². The quantitative estimate of drug-likeness (QED) is 0.268. The van der Waals surface area contributed by atoms with E-state index in [2.05, 4.69) is 17.1 Å². The molecule has 4 aromatic carbocycles. The number of aromatic amines is 1. The molecule has 0 saturated heterocycles.